The second-order valence-corrected chi connectivity index (χ2v) is 12.8. The molecule has 5 heteroatoms. The summed E-state index contributed by atoms with van der Waals surface area (Å²) in [5, 5.41) is 20.0. The van der Waals surface area contributed by atoms with Gasteiger partial charge in [-0.1, -0.05) is 121 Å². The van der Waals surface area contributed by atoms with E-state index in [-0.39, 0.29) is 11.1 Å². The monoisotopic (exact) mass is 562 g/mol. The van der Waals surface area contributed by atoms with Crippen LogP contribution in [0.3, 0.4) is 0 Å². The number of ether oxygens (including phenoxy) is 1. The molecule has 4 rings (SSSR count). The maximum absolute atomic E-state index is 11.5. The molecule has 2 heterocycles. The molecule has 2 aromatic rings. The van der Waals surface area contributed by atoms with Crippen molar-refractivity contribution in [3.05, 3.63) is 64.9 Å². The minimum absolute atomic E-state index is 0.266. The average molecular weight is 563 g/mol. The summed E-state index contributed by atoms with van der Waals surface area (Å²) < 4.78 is 6.85. The van der Waals surface area contributed by atoms with E-state index in [1.807, 2.05) is 6.07 Å². The number of anilines is 1. The highest BCUT2D eigenvalue weighted by molar-refractivity contribution is 5.73. The third kappa shape index (κ3) is 7.55. The first kappa shape index (κ1) is 31.6. The van der Waals surface area contributed by atoms with Crippen molar-refractivity contribution in [1.82, 2.24) is 0 Å². The Bertz CT molecular complexity index is 1110. The molecule has 0 saturated heterocycles. The van der Waals surface area contributed by atoms with Crippen LogP contribution < -0.4 is 14.9 Å². The molecule has 41 heavy (non-hydrogen) atoms. The third-order valence-electron chi connectivity index (χ3n) is 9.41. The first-order valence-electron chi connectivity index (χ1n) is 16.5. The van der Waals surface area contributed by atoms with Gasteiger partial charge in [-0.3, -0.25) is 0 Å². The molecule has 0 aromatic heterocycles. The number of hydrogen-bond donors (Lipinski definition) is 2. The van der Waals surface area contributed by atoms with Crippen LogP contribution in [0.25, 0.3) is 6.08 Å². The van der Waals surface area contributed by atoms with E-state index in [0.29, 0.717) is 0 Å². The Kier molecular flexibility index (Phi) is 11.7. The third-order valence-corrected chi connectivity index (χ3v) is 9.41. The van der Waals surface area contributed by atoms with E-state index >= 15 is 0 Å². The Morgan fingerprint density at radius 1 is 0.780 bits per heavy atom. The molecular formula is C36H54N2O3. The topological polar surface area (TPSA) is 60.2 Å². The van der Waals surface area contributed by atoms with E-state index in [9.17, 15) is 10.4 Å². The lowest BCUT2D eigenvalue weighted by atomic mass is 9.76. The van der Waals surface area contributed by atoms with Gasteiger partial charge in [0, 0.05) is 29.9 Å². The van der Waals surface area contributed by atoms with Crippen molar-refractivity contribution in [2.24, 2.45) is 0 Å². The van der Waals surface area contributed by atoms with Gasteiger partial charge in [-0.05, 0) is 50.1 Å². The Morgan fingerprint density at radius 3 is 1.93 bits per heavy atom. The quantitative estimate of drug-likeness (QED) is 0.140. The van der Waals surface area contributed by atoms with Gasteiger partial charge < -0.3 is 14.8 Å². The molecule has 0 radical (unpaired) electrons. The summed E-state index contributed by atoms with van der Waals surface area (Å²) in [5.74, 6) is 0.746. The number of nitrogens with zero attached hydrogens (tertiary/aromatic N) is 1. The van der Waals surface area contributed by atoms with Crippen molar-refractivity contribution in [1.29, 1.82) is 0 Å². The van der Waals surface area contributed by atoms with Crippen molar-refractivity contribution in [3.8, 4) is 5.75 Å². The zero-order chi connectivity index (χ0) is 29.1. The zero-order valence-electron chi connectivity index (χ0n) is 25.9. The van der Waals surface area contributed by atoms with Crippen LogP contribution in [0, 0.1) is 5.21 Å². The van der Waals surface area contributed by atoms with Crippen LogP contribution in [0.1, 0.15) is 135 Å². The lowest BCUT2D eigenvalue weighted by Gasteiger charge is -2.47. The van der Waals surface area contributed by atoms with E-state index in [1.165, 1.54) is 108 Å². The SMILES string of the molecule is CCCCCCCCCCCCCCCCCCN1c2ccccc2C(C)(C)C12C=Cc1cc([NH+]([O-])O)ccc1O2. The van der Waals surface area contributed by atoms with Crippen molar-refractivity contribution < 1.29 is 15.2 Å². The number of hydrogen-bond acceptors (Lipinski definition) is 4. The van der Waals surface area contributed by atoms with Gasteiger partial charge in [0.05, 0.1) is 5.41 Å². The van der Waals surface area contributed by atoms with Crippen LogP contribution in [0.4, 0.5) is 11.4 Å². The second-order valence-electron chi connectivity index (χ2n) is 12.8. The van der Waals surface area contributed by atoms with Crippen molar-refractivity contribution in [2.45, 2.75) is 135 Å². The first-order valence-corrected chi connectivity index (χ1v) is 16.5. The molecular weight excluding hydrogens is 508 g/mol. The van der Waals surface area contributed by atoms with Crippen LogP contribution in [-0.2, 0) is 5.41 Å². The summed E-state index contributed by atoms with van der Waals surface area (Å²) in [4.78, 5) is 2.46. The standard InChI is InChI=1S/C36H54N2O3/c1-4-5-6-7-8-9-10-11-12-13-14-15-16-17-18-21-28-37-33-23-20-19-22-32(33)35(2,3)36(37)27-26-30-29-31(38(39)40)24-25-34(30)41-36/h19-20,22-27,29,38-39H,4-18,21,28H2,1-3H3. The molecule has 5 nitrogen and oxygen atoms in total. The molecule has 0 fully saturated rings. The number of fused-ring (bicyclic) bond motifs is 2. The molecule has 226 valence electrons. The number of rotatable bonds is 18. The maximum atomic E-state index is 11.5. The summed E-state index contributed by atoms with van der Waals surface area (Å²) >= 11 is 0. The van der Waals surface area contributed by atoms with Gasteiger partial charge in [-0.15, -0.1) is 0 Å². The molecule has 2 aliphatic rings. The summed E-state index contributed by atoms with van der Waals surface area (Å²) in [6.07, 6.45) is 26.1. The van der Waals surface area contributed by atoms with Crippen LogP contribution >= 0.6 is 0 Å². The van der Waals surface area contributed by atoms with Crippen LogP contribution in [0.2, 0.25) is 0 Å². The maximum Gasteiger partial charge on any atom is 0.212 e. The Balaban J connectivity index is 1.22. The largest absolute Gasteiger partial charge is 0.595 e. The number of benzene rings is 2. The summed E-state index contributed by atoms with van der Waals surface area (Å²) in [5.41, 5.74) is 2.75. The van der Waals surface area contributed by atoms with Gasteiger partial charge >= 0.3 is 0 Å². The fourth-order valence-electron chi connectivity index (χ4n) is 6.84. The predicted molar refractivity (Wildman–Crippen MR) is 171 cm³/mol. The van der Waals surface area contributed by atoms with Gasteiger partial charge in [0.25, 0.3) is 0 Å². The Morgan fingerprint density at radius 2 is 1.34 bits per heavy atom. The number of quaternary nitrogens is 1. The average Bonchev–Trinajstić information content (AvgIpc) is 3.15. The molecule has 0 aliphatic carbocycles. The van der Waals surface area contributed by atoms with Crippen molar-refractivity contribution in [3.63, 3.8) is 0 Å². The smallest absolute Gasteiger partial charge is 0.212 e. The molecule has 2 unspecified atom stereocenters. The molecule has 2 N–H and O–H groups in total. The fraction of sp³-hybridized carbons (Fsp3) is 0.611. The van der Waals surface area contributed by atoms with Crippen LogP contribution in [0.5, 0.6) is 5.75 Å². The Labute approximate surface area is 249 Å². The lowest BCUT2D eigenvalue weighted by Crippen LogP contribution is -2.99. The molecule has 0 amide bonds. The van der Waals surface area contributed by atoms with E-state index in [0.717, 1.165) is 24.3 Å². The highest BCUT2D eigenvalue weighted by atomic mass is 16.8. The van der Waals surface area contributed by atoms with E-state index in [4.69, 9.17) is 4.74 Å². The van der Waals surface area contributed by atoms with Gasteiger partial charge in [0.15, 0.2) is 5.69 Å². The normalized spacial score (nSPS) is 19.3. The van der Waals surface area contributed by atoms with Gasteiger partial charge in [-0.2, -0.15) is 5.23 Å². The van der Waals surface area contributed by atoms with E-state index in [1.54, 1.807) is 12.1 Å². The number of para-hydroxylation sites is 1. The highest BCUT2D eigenvalue weighted by Gasteiger charge is 2.58. The zero-order valence-corrected chi connectivity index (χ0v) is 25.9. The molecule has 2 aliphatic heterocycles. The van der Waals surface area contributed by atoms with E-state index < -0.39 is 11.0 Å². The first-order chi connectivity index (χ1) is 19.9. The molecule has 0 saturated carbocycles. The predicted octanol–water partition coefficient (Wildman–Crippen LogP) is 9.25. The van der Waals surface area contributed by atoms with Gasteiger partial charge in [0.2, 0.25) is 5.72 Å². The molecule has 0 bridgehead atoms. The number of nitrogens with one attached hydrogen (secondary N) is 1. The van der Waals surface area contributed by atoms with E-state index in [2.05, 4.69) is 62.1 Å². The number of unbranched alkanes of at least 4 members (excludes halogenated alkanes) is 15. The molecule has 2 atom stereocenters. The van der Waals surface area contributed by atoms with Gasteiger partial charge in [0.1, 0.15) is 5.75 Å². The van der Waals surface area contributed by atoms with Crippen molar-refractivity contribution in [2.75, 3.05) is 11.4 Å². The van der Waals surface area contributed by atoms with Crippen LogP contribution in [0.15, 0.2) is 48.5 Å². The lowest BCUT2D eigenvalue weighted by molar-refractivity contribution is -0.991. The minimum Gasteiger partial charge on any atom is -0.595 e. The van der Waals surface area contributed by atoms with Crippen LogP contribution in [-0.4, -0.2) is 17.5 Å². The van der Waals surface area contributed by atoms with Gasteiger partial charge in [-0.25, -0.2) is 5.21 Å². The Hall–Kier alpha value is -2.34. The molecule has 1 spiro atoms. The fourth-order valence-corrected chi connectivity index (χ4v) is 6.84. The minimum atomic E-state index is -0.916. The van der Waals surface area contributed by atoms with Crippen molar-refractivity contribution >= 4 is 17.5 Å². The summed E-state index contributed by atoms with van der Waals surface area (Å²) in [6, 6.07) is 13.8. The molecule has 2 aromatic carbocycles. The highest BCUT2D eigenvalue weighted by Crippen LogP contribution is 2.55. The summed E-state index contributed by atoms with van der Waals surface area (Å²) in [6.45, 7) is 7.75. The summed E-state index contributed by atoms with van der Waals surface area (Å²) in [7, 11) is 0. The second kappa shape index (κ2) is 15.2.